The van der Waals surface area contributed by atoms with Gasteiger partial charge in [-0.15, -0.1) is 0 Å². The van der Waals surface area contributed by atoms with E-state index in [1.165, 1.54) is 20.6 Å². The number of likely N-dealkylation sites (tertiary alicyclic amines) is 1. The van der Waals surface area contributed by atoms with Gasteiger partial charge in [0.1, 0.15) is 0 Å². The first-order valence-corrected chi connectivity index (χ1v) is 14.1. The van der Waals surface area contributed by atoms with Crippen LogP contribution in [0, 0.1) is 11.3 Å². The number of carbonyl (C=O) groups excluding carboxylic acids is 3. The Morgan fingerprint density at radius 1 is 1.05 bits per heavy atom. The average Bonchev–Trinajstić information content (AvgIpc) is 2.88. The van der Waals surface area contributed by atoms with Gasteiger partial charge in [-0.25, -0.2) is 8.42 Å². The van der Waals surface area contributed by atoms with Gasteiger partial charge >= 0.3 is 0 Å². The van der Waals surface area contributed by atoms with Crippen LogP contribution in [0.25, 0.3) is 10.8 Å². The monoisotopic (exact) mass is 527 g/mol. The molecule has 1 saturated heterocycles. The van der Waals surface area contributed by atoms with Crippen molar-refractivity contribution < 1.29 is 22.8 Å². The van der Waals surface area contributed by atoms with Gasteiger partial charge in [-0.2, -0.15) is 9.57 Å². The number of rotatable bonds is 11. The molecule has 1 heterocycles. The lowest BCUT2D eigenvalue weighted by atomic mass is 9.96. The van der Waals surface area contributed by atoms with Crippen LogP contribution in [0.2, 0.25) is 0 Å². The predicted octanol–water partition coefficient (Wildman–Crippen LogP) is 1.34. The fourth-order valence-corrected chi connectivity index (χ4v) is 5.78. The Labute approximate surface area is 217 Å². The maximum absolute atomic E-state index is 12.5. The van der Waals surface area contributed by atoms with E-state index in [2.05, 4.69) is 52.8 Å². The number of ketones is 1. The smallest absolute Gasteiger partial charge is 0.239 e. The van der Waals surface area contributed by atoms with Crippen molar-refractivity contribution in [3.05, 3.63) is 48.0 Å². The summed E-state index contributed by atoms with van der Waals surface area (Å²) in [5.74, 6) is -1.64. The maximum Gasteiger partial charge on any atom is 0.239 e. The molecule has 37 heavy (non-hydrogen) atoms. The van der Waals surface area contributed by atoms with Crippen LogP contribution in [0.4, 0.5) is 0 Å². The van der Waals surface area contributed by atoms with Crippen LogP contribution in [0.15, 0.2) is 42.5 Å². The number of nitrogens with one attached hydrogen (secondary N) is 2. The number of sulfonamides is 1. The molecule has 2 aromatic rings. The molecule has 2 amide bonds. The van der Waals surface area contributed by atoms with Gasteiger partial charge in [-0.1, -0.05) is 42.5 Å². The van der Waals surface area contributed by atoms with Crippen molar-refractivity contribution in [3.8, 4) is 6.07 Å². The van der Waals surface area contributed by atoms with Crippen molar-refractivity contribution in [3.63, 3.8) is 0 Å². The molecule has 3 rings (SSSR count). The zero-order valence-corrected chi connectivity index (χ0v) is 22.0. The molecule has 0 spiro atoms. The van der Waals surface area contributed by atoms with Crippen molar-refractivity contribution in [2.45, 2.75) is 38.3 Å². The summed E-state index contributed by atoms with van der Waals surface area (Å²) in [7, 11) is -3.67. The first kappa shape index (κ1) is 28.2. The minimum atomic E-state index is -3.67. The fraction of sp³-hybridized carbons (Fsp3) is 0.462. The zero-order valence-electron chi connectivity index (χ0n) is 21.1. The van der Waals surface area contributed by atoms with Crippen LogP contribution < -0.4 is 10.6 Å². The first-order chi connectivity index (χ1) is 17.6. The molecular formula is C26H33N5O5S. The van der Waals surface area contributed by atoms with Gasteiger partial charge in [-0.3, -0.25) is 19.3 Å². The number of fused-ring (bicyclic) bond motifs is 1. The Bertz CT molecular complexity index is 1280. The van der Waals surface area contributed by atoms with Crippen LogP contribution in [0.5, 0.6) is 0 Å². The largest absolute Gasteiger partial charge is 0.347 e. The number of hydrogen-bond acceptors (Lipinski definition) is 7. The van der Waals surface area contributed by atoms with Gasteiger partial charge < -0.3 is 10.6 Å². The lowest BCUT2D eigenvalue weighted by Crippen LogP contribution is -2.51. The predicted molar refractivity (Wildman–Crippen MR) is 140 cm³/mol. The average molecular weight is 528 g/mol. The number of amides is 2. The lowest BCUT2D eigenvalue weighted by molar-refractivity contribution is -0.127. The van der Waals surface area contributed by atoms with Gasteiger partial charge in [0.05, 0.1) is 38.4 Å². The molecule has 198 valence electrons. The van der Waals surface area contributed by atoms with Crippen molar-refractivity contribution in [2.24, 2.45) is 0 Å². The maximum atomic E-state index is 12.5. The first-order valence-electron chi connectivity index (χ1n) is 12.2. The number of carbonyl (C=O) groups is 3. The van der Waals surface area contributed by atoms with Crippen LogP contribution in [-0.2, 0) is 24.4 Å². The van der Waals surface area contributed by atoms with Crippen molar-refractivity contribution in [1.82, 2.24) is 19.8 Å². The molecule has 2 aromatic carbocycles. The summed E-state index contributed by atoms with van der Waals surface area (Å²) < 4.78 is 26.2. The van der Waals surface area contributed by atoms with E-state index in [0.29, 0.717) is 25.9 Å². The van der Waals surface area contributed by atoms with Crippen LogP contribution in [-0.4, -0.2) is 80.2 Å². The number of nitrogens with zero attached hydrogens (tertiary/aromatic N) is 3. The highest BCUT2D eigenvalue weighted by atomic mass is 32.2. The minimum Gasteiger partial charge on any atom is -0.347 e. The molecule has 2 N–H and O–H groups in total. The van der Waals surface area contributed by atoms with E-state index in [0.717, 1.165) is 6.26 Å². The molecule has 0 aliphatic carbocycles. The van der Waals surface area contributed by atoms with Crippen molar-refractivity contribution >= 4 is 38.4 Å². The molecule has 10 nitrogen and oxygen atoms in total. The Balaban J connectivity index is 1.55. The number of nitriles is 1. The fourth-order valence-electron chi connectivity index (χ4n) is 4.68. The van der Waals surface area contributed by atoms with E-state index in [1.807, 2.05) is 12.1 Å². The van der Waals surface area contributed by atoms with E-state index in [9.17, 15) is 22.8 Å². The third kappa shape index (κ3) is 7.82. The molecule has 1 atom stereocenters. The minimum absolute atomic E-state index is 0.153. The molecule has 0 bridgehead atoms. The summed E-state index contributed by atoms with van der Waals surface area (Å²) in [6.45, 7) is 2.44. The topological polar surface area (TPSA) is 140 Å². The highest BCUT2D eigenvalue weighted by Crippen LogP contribution is 2.31. The van der Waals surface area contributed by atoms with Crippen molar-refractivity contribution in [1.29, 1.82) is 5.26 Å². The molecule has 0 unspecified atom stereocenters. The molecule has 1 fully saturated rings. The van der Waals surface area contributed by atoms with E-state index in [4.69, 9.17) is 5.26 Å². The van der Waals surface area contributed by atoms with Crippen LogP contribution in [0.1, 0.15) is 37.8 Å². The van der Waals surface area contributed by atoms with Gasteiger partial charge in [0.25, 0.3) is 0 Å². The summed E-state index contributed by atoms with van der Waals surface area (Å²) >= 11 is 0. The highest BCUT2D eigenvalue weighted by Gasteiger charge is 2.33. The van der Waals surface area contributed by atoms with Gasteiger partial charge in [-0.05, 0) is 36.1 Å². The molecule has 0 saturated carbocycles. The lowest BCUT2D eigenvalue weighted by Gasteiger charge is -2.39. The second-order valence-corrected chi connectivity index (χ2v) is 11.2. The number of Topliss-reactive ketones (excluding diaryl/α,β-unsaturated/α-hetero) is 1. The van der Waals surface area contributed by atoms with E-state index < -0.39 is 34.2 Å². The summed E-state index contributed by atoms with van der Waals surface area (Å²) in [6.07, 6.45) is 1.93. The standard InChI is InChI=1S/C26H33N5O5S/c1-19(23-9-5-7-20-6-3-4-8-24(20)23)30-14-11-21(12-15-30)31(37(2,35)36)18-26(34)29-17-25(33)28-16-22(32)10-13-27/h3-9,19,21H,10-12,14-18H2,1-2H3,(H,28,33)(H,29,34)/t19-/m1/s1. The van der Waals surface area contributed by atoms with Gasteiger partial charge in [0.2, 0.25) is 21.8 Å². The second kappa shape index (κ2) is 12.8. The molecular weight excluding hydrogens is 494 g/mol. The van der Waals surface area contributed by atoms with Crippen molar-refractivity contribution in [2.75, 3.05) is 39.0 Å². The Kier molecular flexibility index (Phi) is 9.74. The van der Waals surface area contributed by atoms with E-state index >= 15 is 0 Å². The molecule has 11 heteroatoms. The zero-order chi connectivity index (χ0) is 27.0. The van der Waals surface area contributed by atoms with Gasteiger partial charge in [0.15, 0.2) is 5.78 Å². The summed E-state index contributed by atoms with van der Waals surface area (Å²) in [5, 5.41) is 15.6. The second-order valence-electron chi connectivity index (χ2n) is 9.25. The Morgan fingerprint density at radius 3 is 2.38 bits per heavy atom. The third-order valence-corrected chi connectivity index (χ3v) is 7.94. The molecule has 1 aliphatic rings. The SMILES string of the molecule is C[C@H](c1cccc2ccccc12)N1CCC(N(CC(=O)NCC(=O)NCC(=O)CC#N)S(C)(=O)=O)CC1. The van der Waals surface area contributed by atoms with E-state index in [-0.39, 0.29) is 31.6 Å². The number of hydrogen-bond donors (Lipinski definition) is 2. The van der Waals surface area contributed by atoms with Crippen LogP contribution in [0.3, 0.4) is 0 Å². The summed E-state index contributed by atoms with van der Waals surface area (Å²) in [5.41, 5.74) is 1.23. The third-order valence-electron chi connectivity index (χ3n) is 6.66. The van der Waals surface area contributed by atoms with E-state index in [1.54, 1.807) is 6.07 Å². The molecule has 0 aromatic heterocycles. The quantitative estimate of drug-likeness (QED) is 0.449. The van der Waals surface area contributed by atoms with Gasteiger partial charge in [0, 0.05) is 25.2 Å². The number of piperidine rings is 1. The van der Waals surface area contributed by atoms with Crippen LogP contribution >= 0.6 is 0 Å². The summed E-state index contributed by atoms with van der Waals surface area (Å²) in [6, 6.07) is 16.0. The highest BCUT2D eigenvalue weighted by molar-refractivity contribution is 7.88. The summed E-state index contributed by atoms with van der Waals surface area (Å²) in [4.78, 5) is 37.9. The normalized spacial score (nSPS) is 15.7. The molecule has 0 radical (unpaired) electrons. The Hall–Kier alpha value is -3.33. The number of benzene rings is 2. The Morgan fingerprint density at radius 2 is 1.70 bits per heavy atom. The molecule has 1 aliphatic heterocycles.